The second kappa shape index (κ2) is 11.2. The summed E-state index contributed by atoms with van der Waals surface area (Å²) in [5.74, 6) is 0.788. The Morgan fingerprint density at radius 2 is 1.87 bits per heavy atom. The molecule has 0 atom stereocenters. The fraction of sp³-hybridized carbons (Fsp3) is 0.333. The van der Waals surface area contributed by atoms with Gasteiger partial charge in [0.05, 0.1) is 5.60 Å². The first kappa shape index (κ1) is 27.1. The van der Waals surface area contributed by atoms with Gasteiger partial charge in [0, 0.05) is 55.5 Å². The van der Waals surface area contributed by atoms with Crippen molar-refractivity contribution >= 4 is 16.8 Å². The summed E-state index contributed by atoms with van der Waals surface area (Å²) < 4.78 is 27.8. The first-order valence-electron chi connectivity index (χ1n) is 12.8. The summed E-state index contributed by atoms with van der Waals surface area (Å²) in [7, 11) is 1.71. The number of aromatic nitrogens is 2. The number of aromatic amines is 1. The number of carbonyl (C=O) groups excluding carboxylic acids is 1. The Balaban J connectivity index is 1.74. The quantitative estimate of drug-likeness (QED) is 0.254. The Bertz CT molecular complexity index is 1520. The highest BCUT2D eigenvalue weighted by molar-refractivity contribution is 5.96. The molecule has 0 radical (unpaired) electrons. The molecule has 0 spiro atoms. The number of halogens is 1. The summed E-state index contributed by atoms with van der Waals surface area (Å²) >= 11 is 0. The number of hydrogen-bond acceptors (Lipinski definition) is 4. The molecule has 4 rings (SSSR count). The lowest BCUT2D eigenvalue weighted by molar-refractivity contribution is -0.121. The van der Waals surface area contributed by atoms with Crippen LogP contribution in [0.3, 0.4) is 0 Å². The van der Waals surface area contributed by atoms with E-state index in [4.69, 9.17) is 9.47 Å². The largest absolute Gasteiger partial charge is 0.456 e. The zero-order valence-corrected chi connectivity index (χ0v) is 22.5. The van der Waals surface area contributed by atoms with Crippen LogP contribution in [0.15, 0.2) is 59.7 Å². The van der Waals surface area contributed by atoms with E-state index >= 15 is 0 Å². The molecule has 8 heteroatoms. The Morgan fingerprint density at radius 1 is 1.11 bits per heavy atom. The van der Waals surface area contributed by atoms with E-state index in [0.29, 0.717) is 48.6 Å². The van der Waals surface area contributed by atoms with Crippen molar-refractivity contribution in [2.24, 2.45) is 7.05 Å². The molecule has 0 saturated heterocycles. The number of ether oxygens (including phenoxy) is 2. The van der Waals surface area contributed by atoms with Crippen LogP contribution in [0.1, 0.15) is 44.7 Å². The monoisotopic (exact) mass is 519 g/mol. The number of aryl methyl sites for hydroxylation is 2. The van der Waals surface area contributed by atoms with Crippen molar-refractivity contribution in [1.29, 1.82) is 0 Å². The number of hydrogen-bond donors (Lipinski definition) is 2. The third-order valence-electron chi connectivity index (χ3n) is 6.60. The Hall–Kier alpha value is -3.91. The summed E-state index contributed by atoms with van der Waals surface area (Å²) in [5.41, 5.74) is 2.88. The van der Waals surface area contributed by atoms with Gasteiger partial charge in [-0.3, -0.25) is 9.59 Å². The molecule has 1 amide bonds. The van der Waals surface area contributed by atoms with Crippen LogP contribution in [0, 0.1) is 12.7 Å². The van der Waals surface area contributed by atoms with Gasteiger partial charge >= 0.3 is 0 Å². The van der Waals surface area contributed by atoms with Crippen molar-refractivity contribution in [3.63, 3.8) is 0 Å². The van der Waals surface area contributed by atoms with Crippen LogP contribution in [-0.4, -0.2) is 28.6 Å². The van der Waals surface area contributed by atoms with Gasteiger partial charge in [-0.15, -0.1) is 0 Å². The Morgan fingerprint density at radius 3 is 2.61 bits per heavy atom. The Labute approximate surface area is 221 Å². The third kappa shape index (κ3) is 5.81. The molecule has 2 heterocycles. The van der Waals surface area contributed by atoms with Crippen LogP contribution < -0.4 is 15.6 Å². The lowest BCUT2D eigenvalue weighted by Crippen LogP contribution is -2.25. The average molecular weight is 520 g/mol. The van der Waals surface area contributed by atoms with Crippen LogP contribution in [0.2, 0.25) is 0 Å². The predicted octanol–water partition coefficient (Wildman–Crippen LogP) is 5.94. The van der Waals surface area contributed by atoms with Gasteiger partial charge in [0.15, 0.2) is 0 Å². The normalized spacial score (nSPS) is 11.6. The fourth-order valence-corrected chi connectivity index (χ4v) is 4.46. The van der Waals surface area contributed by atoms with Crippen LogP contribution >= 0.6 is 0 Å². The van der Waals surface area contributed by atoms with Gasteiger partial charge in [-0.25, -0.2) is 4.39 Å². The number of carbonyl (C=O) groups is 1. The smallest absolute Gasteiger partial charge is 0.274 e. The van der Waals surface area contributed by atoms with Crippen molar-refractivity contribution in [2.75, 3.05) is 13.2 Å². The molecular formula is C30H34FN3O4. The minimum absolute atomic E-state index is 0.0130. The number of pyridine rings is 1. The average Bonchev–Trinajstić information content (AvgIpc) is 3.37. The third-order valence-corrected chi connectivity index (χ3v) is 6.60. The summed E-state index contributed by atoms with van der Waals surface area (Å²) in [6, 6.07) is 12.1. The molecule has 4 aromatic rings. The number of fused-ring (bicyclic) bond motifs is 1. The van der Waals surface area contributed by atoms with Crippen molar-refractivity contribution < 1.29 is 18.7 Å². The van der Waals surface area contributed by atoms with Gasteiger partial charge in [0.2, 0.25) is 5.91 Å². The summed E-state index contributed by atoms with van der Waals surface area (Å²) in [6.45, 7) is 8.69. The standard InChI is InChI=1S/C30H34FN3O4/c1-6-32-27(35)8-7-15-37-30(3,4)20-9-11-26(38-25-12-10-21(31)16-19(25)2)23(17-20)24-18-34(5)29(36)28-22(24)13-14-33-28/h9-14,16-18,33H,6-8,15H2,1-5H3,(H,32,35). The topological polar surface area (TPSA) is 85.3 Å². The highest BCUT2D eigenvalue weighted by Crippen LogP contribution is 2.40. The maximum absolute atomic E-state index is 13.7. The molecule has 0 aliphatic rings. The zero-order chi connectivity index (χ0) is 27.4. The number of H-pyrrole nitrogens is 1. The summed E-state index contributed by atoms with van der Waals surface area (Å²) in [6.07, 6.45) is 4.55. The molecule has 2 aromatic heterocycles. The molecule has 0 aliphatic heterocycles. The van der Waals surface area contributed by atoms with Gasteiger partial charge in [0.25, 0.3) is 5.56 Å². The van der Waals surface area contributed by atoms with Crippen LogP contribution in [0.4, 0.5) is 4.39 Å². The van der Waals surface area contributed by atoms with Gasteiger partial charge < -0.3 is 24.3 Å². The molecule has 0 bridgehead atoms. The van der Waals surface area contributed by atoms with E-state index in [1.54, 1.807) is 32.4 Å². The molecule has 0 fully saturated rings. The van der Waals surface area contributed by atoms with E-state index in [0.717, 1.165) is 22.1 Å². The summed E-state index contributed by atoms with van der Waals surface area (Å²) in [5, 5.41) is 3.57. The van der Waals surface area contributed by atoms with E-state index in [2.05, 4.69) is 10.3 Å². The van der Waals surface area contributed by atoms with E-state index in [-0.39, 0.29) is 17.3 Å². The van der Waals surface area contributed by atoms with Crippen molar-refractivity contribution in [3.05, 3.63) is 82.2 Å². The molecule has 0 unspecified atom stereocenters. The predicted molar refractivity (Wildman–Crippen MR) is 147 cm³/mol. The van der Waals surface area contributed by atoms with E-state index < -0.39 is 5.60 Å². The van der Waals surface area contributed by atoms with Gasteiger partial charge in [-0.1, -0.05) is 6.07 Å². The molecule has 0 saturated carbocycles. The first-order chi connectivity index (χ1) is 18.1. The SMILES string of the molecule is CCNC(=O)CCCOC(C)(C)c1ccc(Oc2ccc(F)cc2C)c(-c2cn(C)c(=O)c3[nH]ccc23)c1. The number of amides is 1. The highest BCUT2D eigenvalue weighted by atomic mass is 19.1. The molecule has 0 aliphatic carbocycles. The second-order valence-corrected chi connectivity index (χ2v) is 9.86. The maximum atomic E-state index is 13.7. The number of nitrogens with one attached hydrogen (secondary N) is 2. The zero-order valence-electron chi connectivity index (χ0n) is 22.5. The first-order valence-corrected chi connectivity index (χ1v) is 12.8. The molecular weight excluding hydrogens is 485 g/mol. The molecule has 2 aromatic carbocycles. The van der Waals surface area contributed by atoms with E-state index in [9.17, 15) is 14.0 Å². The number of nitrogens with zero attached hydrogens (tertiary/aromatic N) is 1. The van der Waals surface area contributed by atoms with Gasteiger partial charge in [-0.05, 0) is 81.6 Å². The molecule has 38 heavy (non-hydrogen) atoms. The minimum atomic E-state index is -0.655. The fourth-order valence-electron chi connectivity index (χ4n) is 4.46. The lowest BCUT2D eigenvalue weighted by atomic mass is 9.92. The highest BCUT2D eigenvalue weighted by Gasteiger charge is 2.24. The number of benzene rings is 2. The van der Waals surface area contributed by atoms with Crippen LogP contribution in [0.25, 0.3) is 22.0 Å². The van der Waals surface area contributed by atoms with E-state index in [1.807, 2.05) is 45.0 Å². The van der Waals surface area contributed by atoms with Crippen molar-refractivity contribution in [1.82, 2.24) is 14.9 Å². The molecule has 2 N–H and O–H groups in total. The molecule has 200 valence electrons. The maximum Gasteiger partial charge on any atom is 0.274 e. The number of rotatable bonds is 10. The van der Waals surface area contributed by atoms with Crippen LogP contribution in [0.5, 0.6) is 11.5 Å². The summed E-state index contributed by atoms with van der Waals surface area (Å²) in [4.78, 5) is 27.5. The van der Waals surface area contributed by atoms with E-state index in [1.165, 1.54) is 16.7 Å². The molecule has 7 nitrogen and oxygen atoms in total. The van der Waals surface area contributed by atoms with Crippen molar-refractivity contribution in [3.8, 4) is 22.6 Å². The van der Waals surface area contributed by atoms with Crippen molar-refractivity contribution in [2.45, 2.75) is 46.1 Å². The van der Waals surface area contributed by atoms with Crippen LogP contribution in [-0.2, 0) is 22.2 Å². The minimum Gasteiger partial charge on any atom is -0.456 e. The lowest BCUT2D eigenvalue weighted by Gasteiger charge is -2.27. The Kier molecular flexibility index (Phi) is 8.02. The van der Waals surface area contributed by atoms with Gasteiger partial charge in [-0.2, -0.15) is 0 Å². The second-order valence-electron chi connectivity index (χ2n) is 9.86. The van der Waals surface area contributed by atoms with Gasteiger partial charge in [0.1, 0.15) is 22.8 Å².